The van der Waals surface area contributed by atoms with Gasteiger partial charge in [0.15, 0.2) is 6.10 Å². The fourth-order valence-electron chi connectivity index (χ4n) is 7.71. The predicted octanol–water partition coefficient (Wildman–Crippen LogP) is 17.7. The Hall–Kier alpha value is -2.37. The van der Waals surface area contributed by atoms with Gasteiger partial charge >= 0.3 is 17.9 Å². The van der Waals surface area contributed by atoms with Gasteiger partial charge in [-0.2, -0.15) is 0 Å². The largest absolute Gasteiger partial charge is 0.462 e. The van der Waals surface area contributed by atoms with E-state index in [4.69, 9.17) is 14.2 Å². The van der Waals surface area contributed by atoms with Gasteiger partial charge < -0.3 is 14.2 Å². The lowest BCUT2D eigenvalue weighted by atomic mass is 10.1. The van der Waals surface area contributed by atoms with Gasteiger partial charge in [-0.15, -0.1) is 0 Å². The SMILES string of the molecule is CCCC/C=C\CCCCCCC(=O)OCC(COC(=O)CCCCCCCCC/C=C\CCCCCCCCCC)OC(=O)CCCCCCCCC/C=C\CCCCCC. The predicted molar refractivity (Wildman–Crippen MR) is 266 cm³/mol. The third kappa shape index (κ3) is 48.7. The zero-order valence-electron chi connectivity index (χ0n) is 41.4. The lowest BCUT2D eigenvalue weighted by Gasteiger charge is -2.18. The van der Waals surface area contributed by atoms with Crippen LogP contribution in [0.25, 0.3) is 0 Å². The van der Waals surface area contributed by atoms with Crippen LogP contribution in [0.15, 0.2) is 36.5 Å². The van der Waals surface area contributed by atoms with Gasteiger partial charge in [0, 0.05) is 19.3 Å². The summed E-state index contributed by atoms with van der Waals surface area (Å²) < 4.78 is 16.8. The van der Waals surface area contributed by atoms with E-state index < -0.39 is 6.10 Å². The molecule has 0 heterocycles. The van der Waals surface area contributed by atoms with Crippen LogP contribution in [0.5, 0.6) is 0 Å². The lowest BCUT2D eigenvalue weighted by Crippen LogP contribution is -2.30. The van der Waals surface area contributed by atoms with E-state index in [0.717, 1.165) is 77.0 Å². The highest BCUT2D eigenvalue weighted by molar-refractivity contribution is 5.71. The Morgan fingerprint density at radius 3 is 0.871 bits per heavy atom. The first-order valence-corrected chi connectivity index (χ1v) is 27.0. The molecule has 0 aromatic carbocycles. The summed E-state index contributed by atoms with van der Waals surface area (Å²) >= 11 is 0. The molecular weight excluding hydrogens is 769 g/mol. The summed E-state index contributed by atoms with van der Waals surface area (Å²) in [6, 6.07) is 0. The molecule has 6 nitrogen and oxygen atoms in total. The minimum absolute atomic E-state index is 0.0781. The molecule has 6 heteroatoms. The van der Waals surface area contributed by atoms with Gasteiger partial charge in [-0.1, -0.05) is 211 Å². The summed E-state index contributed by atoms with van der Waals surface area (Å²) in [5.74, 6) is -0.891. The highest BCUT2D eigenvalue weighted by atomic mass is 16.6. The first-order valence-electron chi connectivity index (χ1n) is 27.0. The van der Waals surface area contributed by atoms with E-state index in [9.17, 15) is 14.4 Å². The van der Waals surface area contributed by atoms with Crippen LogP contribution < -0.4 is 0 Å². The maximum Gasteiger partial charge on any atom is 0.306 e. The molecule has 0 amide bonds. The molecule has 0 radical (unpaired) electrons. The summed E-state index contributed by atoms with van der Waals surface area (Å²) in [6.07, 6.45) is 59.9. The molecule has 0 aliphatic carbocycles. The molecule has 0 saturated carbocycles. The Balaban J connectivity index is 4.31. The molecule has 1 unspecified atom stereocenters. The van der Waals surface area contributed by atoms with Crippen LogP contribution in [-0.2, 0) is 28.6 Å². The van der Waals surface area contributed by atoms with Crippen LogP contribution in [0, 0.1) is 0 Å². The van der Waals surface area contributed by atoms with Crippen molar-refractivity contribution >= 4 is 17.9 Å². The van der Waals surface area contributed by atoms with Crippen LogP contribution in [0.1, 0.15) is 284 Å². The number of hydrogen-bond acceptors (Lipinski definition) is 6. The molecule has 0 bridgehead atoms. The van der Waals surface area contributed by atoms with Crippen molar-refractivity contribution in [2.24, 2.45) is 0 Å². The maximum absolute atomic E-state index is 12.8. The third-order valence-electron chi connectivity index (χ3n) is 11.8. The van der Waals surface area contributed by atoms with Gasteiger partial charge in [0.1, 0.15) is 13.2 Å². The van der Waals surface area contributed by atoms with Gasteiger partial charge in [-0.25, -0.2) is 0 Å². The van der Waals surface area contributed by atoms with Crippen LogP contribution >= 0.6 is 0 Å². The molecule has 0 saturated heterocycles. The molecule has 0 aliphatic rings. The van der Waals surface area contributed by atoms with Crippen molar-refractivity contribution in [3.8, 4) is 0 Å². The smallest absolute Gasteiger partial charge is 0.306 e. The standard InChI is InChI=1S/C56H102O6/c1-4-7-10-13-16-19-22-24-26-27-28-29-31-32-34-37-40-43-46-49-55(58)61-52-53(51-60-54(57)48-45-42-39-36-21-18-15-12-9-6-3)62-56(59)50-47-44-41-38-35-33-30-25-23-20-17-14-11-8-5-2/h15,18,20,23,27-28,53H,4-14,16-17,19,21-22,24-26,29-52H2,1-3H3/b18-15-,23-20-,28-27-. The van der Waals surface area contributed by atoms with E-state index in [2.05, 4.69) is 57.2 Å². The normalized spacial score (nSPS) is 12.2. The van der Waals surface area contributed by atoms with E-state index >= 15 is 0 Å². The quantitative estimate of drug-likeness (QED) is 0.0262. The second-order valence-electron chi connectivity index (χ2n) is 18.1. The number of unbranched alkanes of at least 4 members (excludes halogenated alkanes) is 32. The minimum Gasteiger partial charge on any atom is -0.462 e. The molecular formula is C56H102O6. The third-order valence-corrected chi connectivity index (χ3v) is 11.8. The fraction of sp³-hybridized carbons (Fsp3) is 0.839. The summed E-state index contributed by atoms with van der Waals surface area (Å²) in [6.45, 7) is 6.59. The Bertz CT molecular complexity index is 1050. The summed E-state index contributed by atoms with van der Waals surface area (Å²) in [5, 5.41) is 0. The van der Waals surface area contributed by atoms with Crippen LogP contribution in [-0.4, -0.2) is 37.2 Å². The summed E-state index contributed by atoms with van der Waals surface area (Å²) in [5.41, 5.74) is 0. The molecule has 1 atom stereocenters. The van der Waals surface area contributed by atoms with Gasteiger partial charge in [-0.3, -0.25) is 14.4 Å². The monoisotopic (exact) mass is 871 g/mol. The number of esters is 3. The zero-order chi connectivity index (χ0) is 45.1. The number of carbonyl (C=O) groups excluding carboxylic acids is 3. The molecule has 0 spiro atoms. The summed E-state index contributed by atoms with van der Waals surface area (Å²) in [4.78, 5) is 37.9. The van der Waals surface area contributed by atoms with E-state index in [1.165, 1.54) is 167 Å². The van der Waals surface area contributed by atoms with E-state index in [0.29, 0.717) is 19.3 Å². The van der Waals surface area contributed by atoms with Crippen LogP contribution in [0.2, 0.25) is 0 Å². The second kappa shape index (κ2) is 51.3. The highest BCUT2D eigenvalue weighted by Crippen LogP contribution is 2.15. The summed E-state index contributed by atoms with van der Waals surface area (Å²) in [7, 11) is 0. The molecule has 0 rings (SSSR count). The first kappa shape index (κ1) is 59.6. The Kier molecular flexibility index (Phi) is 49.3. The topological polar surface area (TPSA) is 78.9 Å². The Morgan fingerprint density at radius 1 is 0.306 bits per heavy atom. The Morgan fingerprint density at radius 2 is 0.548 bits per heavy atom. The number of rotatable bonds is 49. The van der Waals surface area contributed by atoms with Crippen molar-refractivity contribution in [3.63, 3.8) is 0 Å². The molecule has 362 valence electrons. The molecule has 0 aliphatic heterocycles. The van der Waals surface area contributed by atoms with Crippen molar-refractivity contribution in [1.82, 2.24) is 0 Å². The fourth-order valence-corrected chi connectivity index (χ4v) is 7.71. The highest BCUT2D eigenvalue weighted by Gasteiger charge is 2.19. The van der Waals surface area contributed by atoms with Crippen molar-refractivity contribution in [1.29, 1.82) is 0 Å². The Labute approximate surface area is 385 Å². The number of carbonyl (C=O) groups is 3. The second-order valence-corrected chi connectivity index (χ2v) is 18.1. The molecule has 0 aromatic heterocycles. The number of allylic oxidation sites excluding steroid dienone is 6. The van der Waals surface area contributed by atoms with Gasteiger partial charge in [0.25, 0.3) is 0 Å². The van der Waals surface area contributed by atoms with Crippen LogP contribution in [0.4, 0.5) is 0 Å². The number of hydrogen-bond donors (Lipinski definition) is 0. The van der Waals surface area contributed by atoms with Crippen molar-refractivity contribution in [2.45, 2.75) is 290 Å². The molecule has 62 heavy (non-hydrogen) atoms. The number of ether oxygens (including phenoxy) is 3. The van der Waals surface area contributed by atoms with E-state index in [1.54, 1.807) is 0 Å². The molecule has 0 fully saturated rings. The van der Waals surface area contributed by atoms with E-state index in [1.807, 2.05) is 0 Å². The average molecular weight is 871 g/mol. The van der Waals surface area contributed by atoms with Gasteiger partial charge in [0.2, 0.25) is 0 Å². The van der Waals surface area contributed by atoms with Gasteiger partial charge in [0.05, 0.1) is 0 Å². The molecule has 0 aromatic rings. The van der Waals surface area contributed by atoms with Crippen molar-refractivity contribution in [3.05, 3.63) is 36.5 Å². The van der Waals surface area contributed by atoms with Crippen LogP contribution in [0.3, 0.4) is 0 Å². The van der Waals surface area contributed by atoms with Gasteiger partial charge in [-0.05, 0) is 89.9 Å². The molecule has 0 N–H and O–H groups in total. The van der Waals surface area contributed by atoms with Crippen molar-refractivity contribution in [2.75, 3.05) is 13.2 Å². The van der Waals surface area contributed by atoms with E-state index in [-0.39, 0.29) is 31.1 Å². The average Bonchev–Trinajstić information content (AvgIpc) is 3.27. The zero-order valence-corrected chi connectivity index (χ0v) is 41.4. The lowest BCUT2D eigenvalue weighted by molar-refractivity contribution is -0.167. The first-order chi connectivity index (χ1) is 30.5. The van der Waals surface area contributed by atoms with Crippen molar-refractivity contribution < 1.29 is 28.6 Å². The maximum atomic E-state index is 12.8. The minimum atomic E-state index is -0.778.